The predicted octanol–water partition coefficient (Wildman–Crippen LogP) is 3.89. The molecule has 0 radical (unpaired) electrons. The lowest BCUT2D eigenvalue weighted by Crippen LogP contribution is -2.29. The molecule has 0 aliphatic heterocycles. The second-order valence-corrected chi connectivity index (χ2v) is 5.78. The standard InChI is InChI=1S/C13H12BrCl2N3/c14-8-2-4-12(17)9(6-8)13(19-18)7-1-3-10(15)11(16)5-7/h1-6,13,19H,17-18H2. The Morgan fingerprint density at radius 3 is 2.42 bits per heavy atom. The van der Waals surface area contributed by atoms with E-state index < -0.39 is 0 Å². The van der Waals surface area contributed by atoms with E-state index in [2.05, 4.69) is 21.4 Å². The largest absolute Gasteiger partial charge is 0.398 e. The van der Waals surface area contributed by atoms with Crippen LogP contribution in [0.25, 0.3) is 0 Å². The van der Waals surface area contributed by atoms with E-state index >= 15 is 0 Å². The van der Waals surface area contributed by atoms with Crippen LogP contribution in [0.15, 0.2) is 40.9 Å². The molecule has 0 spiro atoms. The molecule has 0 bridgehead atoms. The number of nitrogen functional groups attached to an aromatic ring is 1. The van der Waals surface area contributed by atoms with E-state index in [1.54, 1.807) is 12.1 Å². The van der Waals surface area contributed by atoms with Gasteiger partial charge in [0.05, 0.1) is 16.1 Å². The average molecular weight is 361 g/mol. The monoisotopic (exact) mass is 359 g/mol. The summed E-state index contributed by atoms with van der Waals surface area (Å²) in [6.45, 7) is 0. The van der Waals surface area contributed by atoms with E-state index in [0.29, 0.717) is 15.7 Å². The Balaban J connectivity index is 2.49. The molecule has 1 atom stereocenters. The normalized spacial score (nSPS) is 12.4. The fraction of sp³-hybridized carbons (Fsp3) is 0.0769. The third kappa shape index (κ3) is 3.22. The molecule has 6 heteroatoms. The maximum atomic E-state index is 6.03. The second kappa shape index (κ2) is 6.11. The Morgan fingerprint density at radius 2 is 1.79 bits per heavy atom. The van der Waals surface area contributed by atoms with Crippen LogP contribution in [0.5, 0.6) is 0 Å². The Bertz CT molecular complexity index is 604. The summed E-state index contributed by atoms with van der Waals surface area (Å²) in [4.78, 5) is 0. The Kier molecular flexibility index (Phi) is 4.71. The van der Waals surface area contributed by atoms with Crippen LogP contribution in [-0.4, -0.2) is 0 Å². The molecule has 0 saturated heterocycles. The zero-order chi connectivity index (χ0) is 14.0. The number of halogens is 3. The van der Waals surface area contributed by atoms with Gasteiger partial charge in [0.1, 0.15) is 0 Å². The molecule has 0 aliphatic carbocycles. The number of anilines is 1. The van der Waals surface area contributed by atoms with E-state index in [-0.39, 0.29) is 6.04 Å². The Labute approximate surface area is 130 Å². The van der Waals surface area contributed by atoms with Crippen LogP contribution in [0.3, 0.4) is 0 Å². The van der Waals surface area contributed by atoms with Gasteiger partial charge in [0.2, 0.25) is 0 Å². The number of nitrogens with one attached hydrogen (secondary N) is 1. The van der Waals surface area contributed by atoms with Crippen LogP contribution in [0.1, 0.15) is 17.2 Å². The summed E-state index contributed by atoms with van der Waals surface area (Å²) in [5, 5.41) is 0.983. The molecule has 100 valence electrons. The van der Waals surface area contributed by atoms with E-state index in [9.17, 15) is 0 Å². The van der Waals surface area contributed by atoms with E-state index in [1.807, 2.05) is 24.3 Å². The fourth-order valence-electron chi connectivity index (χ4n) is 1.85. The topological polar surface area (TPSA) is 64.1 Å². The van der Waals surface area contributed by atoms with Gasteiger partial charge in [-0.05, 0) is 41.5 Å². The van der Waals surface area contributed by atoms with Gasteiger partial charge >= 0.3 is 0 Å². The zero-order valence-electron chi connectivity index (χ0n) is 9.83. The minimum Gasteiger partial charge on any atom is -0.398 e. The Hall–Kier alpha value is -0.780. The summed E-state index contributed by atoms with van der Waals surface area (Å²) in [5.74, 6) is 5.65. The highest BCUT2D eigenvalue weighted by Crippen LogP contribution is 2.32. The first-order valence-electron chi connectivity index (χ1n) is 5.49. The summed E-state index contributed by atoms with van der Waals surface area (Å²) >= 11 is 15.4. The minimum absolute atomic E-state index is 0.257. The number of hydrazine groups is 1. The molecule has 2 aromatic carbocycles. The maximum absolute atomic E-state index is 6.03. The van der Waals surface area contributed by atoms with Crippen LogP contribution in [0, 0.1) is 0 Å². The molecule has 5 N–H and O–H groups in total. The number of rotatable bonds is 3. The lowest BCUT2D eigenvalue weighted by atomic mass is 9.98. The van der Waals surface area contributed by atoms with Gasteiger partial charge in [-0.2, -0.15) is 0 Å². The quantitative estimate of drug-likeness (QED) is 0.442. The van der Waals surface area contributed by atoms with Gasteiger partial charge < -0.3 is 5.73 Å². The number of hydrogen-bond donors (Lipinski definition) is 3. The Morgan fingerprint density at radius 1 is 1.05 bits per heavy atom. The van der Waals surface area contributed by atoms with Crippen LogP contribution in [0.4, 0.5) is 5.69 Å². The van der Waals surface area contributed by atoms with Gasteiger partial charge in [0.15, 0.2) is 0 Å². The molecule has 0 heterocycles. The molecular weight excluding hydrogens is 349 g/mol. The van der Waals surface area contributed by atoms with Crippen molar-refractivity contribution in [2.45, 2.75) is 6.04 Å². The molecule has 0 saturated carbocycles. The van der Waals surface area contributed by atoms with E-state index in [4.69, 9.17) is 34.8 Å². The minimum atomic E-state index is -0.257. The molecule has 2 aromatic rings. The van der Waals surface area contributed by atoms with Gasteiger partial charge in [-0.3, -0.25) is 5.84 Å². The van der Waals surface area contributed by atoms with Crippen molar-refractivity contribution in [3.63, 3.8) is 0 Å². The highest BCUT2D eigenvalue weighted by atomic mass is 79.9. The molecule has 0 fully saturated rings. The van der Waals surface area contributed by atoms with Gasteiger partial charge in [0, 0.05) is 10.2 Å². The van der Waals surface area contributed by atoms with Crippen molar-refractivity contribution in [2.75, 3.05) is 5.73 Å². The van der Waals surface area contributed by atoms with Crippen molar-refractivity contribution < 1.29 is 0 Å². The number of benzene rings is 2. The highest BCUT2D eigenvalue weighted by molar-refractivity contribution is 9.10. The van der Waals surface area contributed by atoms with Gasteiger partial charge in [-0.15, -0.1) is 0 Å². The van der Waals surface area contributed by atoms with Crippen molar-refractivity contribution >= 4 is 44.8 Å². The number of nitrogens with two attached hydrogens (primary N) is 2. The third-order valence-electron chi connectivity index (χ3n) is 2.80. The summed E-state index contributed by atoms with van der Waals surface area (Å²) in [5.41, 5.74) is 11.2. The second-order valence-electron chi connectivity index (χ2n) is 4.05. The molecule has 0 aromatic heterocycles. The van der Waals surface area contributed by atoms with Crippen LogP contribution in [0.2, 0.25) is 10.0 Å². The van der Waals surface area contributed by atoms with Crippen molar-refractivity contribution in [1.29, 1.82) is 0 Å². The summed E-state index contributed by atoms with van der Waals surface area (Å²) in [7, 11) is 0. The molecule has 19 heavy (non-hydrogen) atoms. The lowest BCUT2D eigenvalue weighted by molar-refractivity contribution is 0.638. The molecule has 0 amide bonds. The van der Waals surface area contributed by atoms with Gasteiger partial charge in [0.25, 0.3) is 0 Å². The van der Waals surface area contributed by atoms with Crippen LogP contribution < -0.4 is 17.0 Å². The maximum Gasteiger partial charge on any atom is 0.0730 e. The predicted molar refractivity (Wildman–Crippen MR) is 84.2 cm³/mol. The lowest BCUT2D eigenvalue weighted by Gasteiger charge is -2.19. The van der Waals surface area contributed by atoms with Crippen LogP contribution in [-0.2, 0) is 0 Å². The van der Waals surface area contributed by atoms with E-state index in [0.717, 1.165) is 15.6 Å². The first-order chi connectivity index (χ1) is 9.02. The van der Waals surface area contributed by atoms with Crippen LogP contribution >= 0.6 is 39.1 Å². The number of hydrogen-bond acceptors (Lipinski definition) is 3. The molecular formula is C13H12BrCl2N3. The molecule has 3 nitrogen and oxygen atoms in total. The van der Waals surface area contributed by atoms with Crippen molar-refractivity contribution in [1.82, 2.24) is 5.43 Å². The van der Waals surface area contributed by atoms with Gasteiger partial charge in [-0.1, -0.05) is 45.2 Å². The smallest absolute Gasteiger partial charge is 0.0730 e. The SMILES string of the molecule is NNC(c1ccc(Cl)c(Cl)c1)c1cc(Br)ccc1N. The van der Waals surface area contributed by atoms with E-state index in [1.165, 1.54) is 0 Å². The first-order valence-corrected chi connectivity index (χ1v) is 7.04. The fourth-order valence-corrected chi connectivity index (χ4v) is 2.54. The first kappa shape index (κ1) is 14.6. The van der Waals surface area contributed by atoms with Crippen molar-refractivity contribution in [3.8, 4) is 0 Å². The summed E-state index contributed by atoms with van der Waals surface area (Å²) in [6, 6.07) is 10.7. The molecule has 2 rings (SSSR count). The molecule has 0 aliphatic rings. The molecule has 1 unspecified atom stereocenters. The van der Waals surface area contributed by atoms with Crippen molar-refractivity contribution in [3.05, 3.63) is 62.0 Å². The average Bonchev–Trinajstić information content (AvgIpc) is 2.38. The third-order valence-corrected chi connectivity index (χ3v) is 4.04. The summed E-state index contributed by atoms with van der Waals surface area (Å²) in [6.07, 6.45) is 0. The summed E-state index contributed by atoms with van der Waals surface area (Å²) < 4.78 is 0.928. The zero-order valence-corrected chi connectivity index (χ0v) is 12.9. The van der Waals surface area contributed by atoms with Gasteiger partial charge in [-0.25, -0.2) is 5.43 Å². The highest BCUT2D eigenvalue weighted by Gasteiger charge is 2.16. The van der Waals surface area contributed by atoms with Crippen molar-refractivity contribution in [2.24, 2.45) is 5.84 Å².